The van der Waals surface area contributed by atoms with E-state index in [4.69, 9.17) is 14.2 Å². The van der Waals surface area contributed by atoms with Gasteiger partial charge >= 0.3 is 0 Å². The van der Waals surface area contributed by atoms with E-state index in [0.717, 1.165) is 41.0 Å². The van der Waals surface area contributed by atoms with Crippen LogP contribution in [0.4, 0.5) is 0 Å². The highest BCUT2D eigenvalue weighted by Crippen LogP contribution is 2.44. The third kappa shape index (κ3) is 4.08. The van der Waals surface area contributed by atoms with E-state index >= 15 is 0 Å². The molecule has 0 atom stereocenters. The maximum absolute atomic E-state index is 7.10. The molecule has 30 heavy (non-hydrogen) atoms. The third-order valence-corrected chi connectivity index (χ3v) is 6.07. The summed E-state index contributed by atoms with van der Waals surface area (Å²) in [7, 11) is 3.39. The Bertz CT molecular complexity index is 863. The van der Waals surface area contributed by atoms with Crippen LogP contribution >= 0.6 is 0 Å². The van der Waals surface area contributed by atoms with Crippen molar-refractivity contribution in [1.82, 2.24) is 0 Å². The van der Waals surface area contributed by atoms with Gasteiger partial charge in [-0.05, 0) is 53.8 Å². The van der Waals surface area contributed by atoms with Crippen LogP contribution in [0.1, 0.15) is 48.8 Å². The van der Waals surface area contributed by atoms with Crippen LogP contribution in [0.15, 0.2) is 78.9 Å². The number of hydrogen-bond donors (Lipinski definition) is 0. The van der Waals surface area contributed by atoms with Gasteiger partial charge in [-0.25, -0.2) is 0 Å². The fraction of sp³-hybridized carbons (Fsp3) is 0.333. The van der Waals surface area contributed by atoms with Crippen molar-refractivity contribution in [3.63, 3.8) is 0 Å². The highest BCUT2D eigenvalue weighted by Gasteiger charge is 2.40. The van der Waals surface area contributed by atoms with Crippen molar-refractivity contribution in [1.29, 1.82) is 0 Å². The molecule has 0 aromatic heterocycles. The first-order chi connectivity index (χ1) is 14.8. The zero-order valence-corrected chi connectivity index (χ0v) is 17.8. The van der Waals surface area contributed by atoms with E-state index in [1.54, 1.807) is 14.2 Å². The summed E-state index contributed by atoms with van der Waals surface area (Å²) in [5.74, 6) is 1.68. The predicted molar refractivity (Wildman–Crippen MR) is 120 cm³/mol. The van der Waals surface area contributed by atoms with Gasteiger partial charge in [-0.15, -0.1) is 0 Å². The van der Waals surface area contributed by atoms with Gasteiger partial charge in [-0.2, -0.15) is 0 Å². The minimum atomic E-state index is -0.693. The summed E-state index contributed by atoms with van der Waals surface area (Å²) in [6, 6.07) is 27.1. The SMILES string of the molecule is COc1ccc(C(OC2CCCCC2)(c2ccccc2)c2ccc(OC)cc2)cc1. The first kappa shape index (κ1) is 20.5. The molecule has 1 aliphatic carbocycles. The highest BCUT2D eigenvalue weighted by molar-refractivity contribution is 5.49. The van der Waals surface area contributed by atoms with E-state index in [1.165, 1.54) is 19.3 Å². The second kappa shape index (κ2) is 9.36. The van der Waals surface area contributed by atoms with Crippen molar-refractivity contribution in [2.45, 2.75) is 43.8 Å². The summed E-state index contributed by atoms with van der Waals surface area (Å²) in [6.07, 6.45) is 6.16. The van der Waals surface area contributed by atoms with Crippen molar-refractivity contribution in [2.75, 3.05) is 14.2 Å². The number of hydrogen-bond acceptors (Lipinski definition) is 3. The smallest absolute Gasteiger partial charge is 0.144 e. The molecule has 3 nitrogen and oxygen atoms in total. The Balaban J connectivity index is 1.90. The molecule has 3 aromatic rings. The van der Waals surface area contributed by atoms with E-state index in [-0.39, 0.29) is 6.10 Å². The molecule has 1 aliphatic rings. The number of rotatable bonds is 7. The third-order valence-electron chi connectivity index (χ3n) is 6.07. The molecule has 0 spiro atoms. The van der Waals surface area contributed by atoms with E-state index in [0.29, 0.717) is 0 Å². The molecule has 156 valence electrons. The number of methoxy groups -OCH3 is 2. The summed E-state index contributed by atoms with van der Waals surface area (Å²) >= 11 is 0. The van der Waals surface area contributed by atoms with Crippen LogP contribution < -0.4 is 9.47 Å². The summed E-state index contributed by atoms with van der Waals surface area (Å²) in [5, 5.41) is 0. The van der Waals surface area contributed by atoms with E-state index in [2.05, 4.69) is 54.6 Å². The van der Waals surface area contributed by atoms with E-state index < -0.39 is 5.60 Å². The second-order valence-corrected chi connectivity index (χ2v) is 7.88. The van der Waals surface area contributed by atoms with Gasteiger partial charge in [0.25, 0.3) is 0 Å². The zero-order valence-electron chi connectivity index (χ0n) is 17.8. The molecule has 0 radical (unpaired) electrons. The molecule has 0 N–H and O–H groups in total. The van der Waals surface area contributed by atoms with Crippen LogP contribution in [-0.4, -0.2) is 20.3 Å². The first-order valence-corrected chi connectivity index (χ1v) is 10.8. The van der Waals surface area contributed by atoms with Gasteiger partial charge < -0.3 is 14.2 Å². The minimum Gasteiger partial charge on any atom is -0.497 e. The summed E-state index contributed by atoms with van der Waals surface area (Å²) in [4.78, 5) is 0. The quantitative estimate of drug-likeness (QED) is 0.431. The first-order valence-electron chi connectivity index (χ1n) is 10.8. The van der Waals surface area contributed by atoms with Gasteiger partial charge in [0.1, 0.15) is 17.1 Å². The molecule has 0 bridgehead atoms. The Morgan fingerprint density at radius 1 is 0.600 bits per heavy atom. The predicted octanol–water partition coefficient (Wildman–Crippen LogP) is 6.35. The minimum absolute atomic E-state index is 0.225. The van der Waals surface area contributed by atoms with Crippen LogP contribution in [0.2, 0.25) is 0 Å². The van der Waals surface area contributed by atoms with Gasteiger partial charge in [0.2, 0.25) is 0 Å². The Kier molecular flexibility index (Phi) is 6.39. The lowest BCUT2D eigenvalue weighted by molar-refractivity contribution is -0.0623. The summed E-state index contributed by atoms with van der Waals surface area (Å²) in [6.45, 7) is 0. The summed E-state index contributed by atoms with van der Waals surface area (Å²) in [5.41, 5.74) is 2.64. The largest absolute Gasteiger partial charge is 0.497 e. The van der Waals surface area contributed by atoms with Crippen LogP contribution in [0.25, 0.3) is 0 Å². The van der Waals surface area contributed by atoms with Crippen molar-refractivity contribution in [3.05, 3.63) is 95.6 Å². The van der Waals surface area contributed by atoms with Crippen molar-refractivity contribution in [2.24, 2.45) is 0 Å². The van der Waals surface area contributed by atoms with Crippen LogP contribution in [0.3, 0.4) is 0 Å². The molecule has 1 fully saturated rings. The Labute approximate surface area is 179 Å². The Morgan fingerprint density at radius 3 is 1.53 bits per heavy atom. The van der Waals surface area contributed by atoms with Crippen molar-refractivity contribution >= 4 is 0 Å². The normalized spacial score (nSPS) is 15.0. The van der Waals surface area contributed by atoms with Gasteiger partial charge in [0, 0.05) is 0 Å². The standard InChI is InChI=1S/C27H30O3/c1-28-24-17-13-22(14-18-24)27(21-9-5-3-6-10-21,30-26-11-7-4-8-12-26)23-15-19-25(29-2)20-16-23/h3,5-6,9-10,13-20,26H,4,7-8,11-12H2,1-2H3. The fourth-order valence-electron chi connectivity index (χ4n) is 4.46. The van der Waals surface area contributed by atoms with E-state index in [9.17, 15) is 0 Å². The average molecular weight is 403 g/mol. The van der Waals surface area contributed by atoms with Gasteiger partial charge in [-0.3, -0.25) is 0 Å². The second-order valence-electron chi connectivity index (χ2n) is 7.88. The van der Waals surface area contributed by atoms with E-state index in [1.807, 2.05) is 24.3 Å². The van der Waals surface area contributed by atoms with Crippen molar-refractivity contribution in [3.8, 4) is 11.5 Å². The lowest BCUT2D eigenvalue weighted by Crippen LogP contribution is -2.37. The van der Waals surface area contributed by atoms with Crippen LogP contribution in [0.5, 0.6) is 11.5 Å². The number of benzene rings is 3. The van der Waals surface area contributed by atoms with Crippen LogP contribution in [-0.2, 0) is 10.3 Å². The molecule has 3 heteroatoms. The summed E-state index contributed by atoms with van der Waals surface area (Å²) < 4.78 is 17.9. The topological polar surface area (TPSA) is 27.7 Å². The zero-order chi connectivity index (χ0) is 20.8. The molecular formula is C27H30O3. The average Bonchev–Trinajstić information content (AvgIpc) is 2.84. The molecule has 4 rings (SSSR count). The lowest BCUT2D eigenvalue weighted by Gasteiger charge is -2.40. The molecule has 0 heterocycles. The molecule has 0 saturated heterocycles. The monoisotopic (exact) mass is 402 g/mol. The lowest BCUT2D eigenvalue weighted by atomic mass is 9.79. The van der Waals surface area contributed by atoms with Crippen molar-refractivity contribution < 1.29 is 14.2 Å². The molecule has 0 aliphatic heterocycles. The fourth-order valence-corrected chi connectivity index (χ4v) is 4.46. The number of ether oxygens (including phenoxy) is 3. The molecule has 0 unspecified atom stereocenters. The maximum atomic E-state index is 7.10. The van der Waals surface area contributed by atoms with Gasteiger partial charge in [0.05, 0.1) is 20.3 Å². The van der Waals surface area contributed by atoms with Gasteiger partial charge in [0.15, 0.2) is 0 Å². The Hall–Kier alpha value is -2.78. The van der Waals surface area contributed by atoms with Gasteiger partial charge in [-0.1, -0.05) is 73.9 Å². The molecule has 0 amide bonds. The maximum Gasteiger partial charge on any atom is 0.144 e. The molecule has 1 saturated carbocycles. The Morgan fingerprint density at radius 2 is 1.07 bits per heavy atom. The molecule has 3 aromatic carbocycles. The highest BCUT2D eigenvalue weighted by atomic mass is 16.5. The van der Waals surface area contributed by atoms with Crippen LogP contribution in [0, 0.1) is 0 Å². The molecular weight excluding hydrogens is 372 g/mol.